The number of nitrogens with one attached hydrogen (secondary N) is 1. The number of rotatable bonds is 3. The van der Waals surface area contributed by atoms with E-state index in [0.29, 0.717) is 17.7 Å². The average molecular weight is 693 g/mol. The number of nitrogens with zero attached hydrogens (tertiary/aromatic N) is 7. The van der Waals surface area contributed by atoms with Gasteiger partial charge in [0.25, 0.3) is 0 Å². The standard InChI is InChI=1S/C19H18N4.C10H12N4.C9H6O.2CH4.K.H/c1-20-18-10-5-11-21-19(18)23-15-13-22(14-16-23)12-6-9-17-7-3-2-4-8-17;1-11-9-3-2-4-13-10(9)14-7-5-12-6-8-14;10-8-4-7-9-5-2-1-3-6-9;;;;/h2-5,7-8,10-11H,12-16H2;2-4,12H,5-8H2;1-3,5-6,8H;2*1H4;;/q;;;;;+1;-1. The van der Waals surface area contributed by atoms with Crippen molar-refractivity contribution in [1.29, 1.82) is 0 Å². The molecule has 0 atom stereocenters. The first kappa shape index (κ1) is 43.7. The van der Waals surface area contributed by atoms with Gasteiger partial charge in [-0.3, -0.25) is 19.7 Å². The minimum absolute atomic E-state index is 0. The molecule has 1 N–H and O–H groups in total. The molecule has 2 aliphatic heterocycles. The second-order valence-electron chi connectivity index (χ2n) is 10.3. The van der Waals surface area contributed by atoms with Gasteiger partial charge in [-0.2, -0.15) is 0 Å². The van der Waals surface area contributed by atoms with Crippen molar-refractivity contribution < 1.29 is 57.6 Å². The van der Waals surface area contributed by atoms with E-state index in [0.717, 1.165) is 81.7 Å². The molecule has 0 spiro atoms. The van der Waals surface area contributed by atoms with Crippen molar-refractivity contribution in [1.82, 2.24) is 20.2 Å². The number of anilines is 2. The fourth-order valence-corrected chi connectivity index (χ4v) is 4.84. The monoisotopic (exact) mass is 692 g/mol. The van der Waals surface area contributed by atoms with E-state index in [1.165, 1.54) is 0 Å². The van der Waals surface area contributed by atoms with Crippen LogP contribution in [0.1, 0.15) is 27.4 Å². The maximum Gasteiger partial charge on any atom is 1.00 e. The van der Waals surface area contributed by atoms with Crippen LogP contribution in [-0.4, -0.2) is 80.1 Å². The van der Waals surface area contributed by atoms with E-state index in [1.54, 1.807) is 18.5 Å². The summed E-state index contributed by atoms with van der Waals surface area (Å²) in [5.41, 5.74) is 3.20. The van der Waals surface area contributed by atoms with Gasteiger partial charge in [0.15, 0.2) is 6.29 Å². The third-order valence-corrected chi connectivity index (χ3v) is 7.22. The number of hydrogen-bond acceptors (Lipinski definition) is 7. The molecule has 4 heterocycles. The van der Waals surface area contributed by atoms with Crippen molar-refractivity contribution in [2.24, 2.45) is 0 Å². The summed E-state index contributed by atoms with van der Waals surface area (Å²) in [4.78, 5) is 32.1. The molecule has 50 heavy (non-hydrogen) atoms. The zero-order valence-corrected chi connectivity index (χ0v) is 30.3. The van der Waals surface area contributed by atoms with Crippen molar-refractivity contribution in [3.8, 4) is 23.7 Å². The number of pyridine rings is 2. The Kier molecular flexibility index (Phi) is 22.4. The summed E-state index contributed by atoms with van der Waals surface area (Å²) < 4.78 is 0. The molecule has 0 saturated carbocycles. The Morgan fingerprint density at radius 1 is 0.700 bits per heavy atom. The van der Waals surface area contributed by atoms with Crippen LogP contribution in [0.5, 0.6) is 0 Å². The van der Waals surface area contributed by atoms with Crippen molar-refractivity contribution in [2.75, 3.05) is 68.7 Å². The molecule has 6 rings (SSSR count). The number of benzene rings is 2. The van der Waals surface area contributed by atoms with Gasteiger partial charge in [0, 0.05) is 75.9 Å². The average Bonchev–Trinajstić information content (AvgIpc) is 3.16. The van der Waals surface area contributed by atoms with Crippen LogP contribution in [0.3, 0.4) is 0 Å². The second kappa shape index (κ2) is 25.6. The SMILES string of the molecule is C.C.O=CC#Cc1ccccc1.[C-]#[N+]c1cccnc1N1CCN(CC#Cc2ccccc2)CC1.[C-]#[N+]c1cccnc1N1CCNCC1.[H-].[K+]. The Balaban J connectivity index is 0.000000771. The summed E-state index contributed by atoms with van der Waals surface area (Å²) in [7, 11) is 0. The summed E-state index contributed by atoms with van der Waals surface area (Å²) >= 11 is 0. The van der Waals surface area contributed by atoms with Gasteiger partial charge in [0.2, 0.25) is 11.4 Å². The van der Waals surface area contributed by atoms with Gasteiger partial charge in [-0.1, -0.05) is 93.3 Å². The molecule has 2 aromatic carbocycles. The maximum atomic E-state index is 9.80. The zero-order valence-electron chi connectivity index (χ0n) is 28.2. The fraction of sp³-hybridized carbons (Fsp3) is 0.275. The number of aromatic nitrogens is 2. The molecule has 10 heteroatoms. The molecular weight excluding hydrogens is 648 g/mol. The minimum Gasteiger partial charge on any atom is -1.00 e. The third kappa shape index (κ3) is 14.6. The molecular formula is C40H45KN8O. The quantitative estimate of drug-likeness (QED) is 0.153. The first-order valence-electron chi connectivity index (χ1n) is 15.3. The van der Waals surface area contributed by atoms with Crippen molar-refractivity contribution in [3.05, 3.63) is 131 Å². The van der Waals surface area contributed by atoms with E-state index >= 15 is 0 Å². The smallest absolute Gasteiger partial charge is 1.00 e. The van der Waals surface area contributed by atoms with Crippen molar-refractivity contribution in [2.45, 2.75) is 14.9 Å². The summed E-state index contributed by atoms with van der Waals surface area (Å²) in [5, 5.41) is 3.28. The molecule has 2 saturated heterocycles. The normalized spacial score (nSPS) is 12.8. The van der Waals surface area contributed by atoms with Crippen molar-refractivity contribution >= 4 is 29.3 Å². The van der Waals surface area contributed by atoms with Crippen LogP contribution >= 0.6 is 0 Å². The van der Waals surface area contributed by atoms with Crippen LogP contribution in [-0.2, 0) is 4.79 Å². The Morgan fingerprint density at radius 2 is 1.18 bits per heavy atom. The molecule has 0 amide bonds. The second-order valence-corrected chi connectivity index (χ2v) is 10.3. The van der Waals surface area contributed by atoms with E-state index in [-0.39, 0.29) is 67.7 Å². The van der Waals surface area contributed by atoms with Gasteiger partial charge in [-0.25, -0.2) is 9.69 Å². The molecule has 4 aromatic rings. The third-order valence-electron chi connectivity index (χ3n) is 7.22. The largest absolute Gasteiger partial charge is 1.00 e. The molecule has 9 nitrogen and oxygen atoms in total. The number of carbonyl (C=O) groups is 1. The summed E-state index contributed by atoms with van der Waals surface area (Å²) in [6.45, 7) is 22.5. The topological polar surface area (TPSA) is 73.3 Å². The molecule has 2 fully saturated rings. The predicted octanol–water partition coefficient (Wildman–Crippen LogP) is 3.47. The molecule has 252 valence electrons. The van der Waals surface area contributed by atoms with Crippen LogP contribution < -0.4 is 66.5 Å². The molecule has 0 unspecified atom stereocenters. The van der Waals surface area contributed by atoms with Gasteiger partial charge >= 0.3 is 51.4 Å². The van der Waals surface area contributed by atoms with Crippen LogP contribution in [0.4, 0.5) is 23.0 Å². The predicted molar refractivity (Wildman–Crippen MR) is 202 cm³/mol. The van der Waals surface area contributed by atoms with Gasteiger partial charge in [-0.05, 0) is 30.2 Å². The molecule has 2 aromatic heterocycles. The molecule has 2 aliphatic rings. The van der Waals surface area contributed by atoms with Gasteiger partial charge in [-0.15, -0.1) is 0 Å². The van der Waals surface area contributed by atoms with E-state index in [9.17, 15) is 4.79 Å². The first-order valence-corrected chi connectivity index (χ1v) is 15.3. The number of carbonyl (C=O) groups excluding carboxylic acids is 1. The first-order chi connectivity index (χ1) is 23.2. The Hall–Kier alpha value is -4.33. The summed E-state index contributed by atoms with van der Waals surface area (Å²) in [6, 6.07) is 26.7. The number of aldehydes is 1. The zero-order chi connectivity index (χ0) is 32.9. The van der Waals surface area contributed by atoms with Gasteiger partial charge in [0.1, 0.15) is 11.6 Å². The molecule has 0 radical (unpaired) electrons. The number of hydrogen-bond donors (Lipinski definition) is 1. The molecule has 0 bridgehead atoms. The van der Waals surface area contributed by atoms with E-state index in [4.69, 9.17) is 13.1 Å². The Labute approximate surface area is 342 Å². The summed E-state index contributed by atoms with van der Waals surface area (Å²) in [5.74, 6) is 13.1. The van der Waals surface area contributed by atoms with E-state index in [2.05, 4.69) is 63.4 Å². The van der Waals surface area contributed by atoms with E-state index in [1.807, 2.05) is 78.9 Å². The van der Waals surface area contributed by atoms with E-state index < -0.39 is 0 Å². The molecule has 0 aliphatic carbocycles. The Bertz CT molecular complexity index is 1780. The minimum atomic E-state index is 0. The van der Waals surface area contributed by atoms with Crippen LogP contribution in [0.15, 0.2) is 97.3 Å². The van der Waals surface area contributed by atoms with Gasteiger partial charge < -0.3 is 16.5 Å². The van der Waals surface area contributed by atoms with Crippen LogP contribution in [0.25, 0.3) is 9.69 Å². The van der Waals surface area contributed by atoms with Crippen molar-refractivity contribution in [3.63, 3.8) is 0 Å². The van der Waals surface area contributed by atoms with Crippen LogP contribution in [0, 0.1) is 36.8 Å². The summed E-state index contributed by atoms with van der Waals surface area (Å²) in [6.07, 6.45) is 4.08. The van der Waals surface area contributed by atoms with Gasteiger partial charge in [0.05, 0.1) is 19.7 Å². The Morgan fingerprint density at radius 3 is 1.66 bits per heavy atom. The van der Waals surface area contributed by atoms with Crippen LogP contribution in [0.2, 0.25) is 0 Å². The fourth-order valence-electron chi connectivity index (χ4n) is 4.84. The number of piperazine rings is 2. The maximum absolute atomic E-state index is 9.80.